The summed E-state index contributed by atoms with van der Waals surface area (Å²) in [4.78, 5) is 80.7. The molecule has 0 saturated carbocycles. The minimum Gasteiger partial charge on any atom is -0.463 e. The lowest BCUT2D eigenvalue weighted by molar-refractivity contribution is -0.183. The molecule has 0 aliphatic carbocycles. The minimum absolute atomic E-state index is 0.00443. The lowest BCUT2D eigenvalue weighted by atomic mass is 9.90. The number of ether oxygens (including phenoxy) is 5. The zero-order valence-electron chi connectivity index (χ0n) is 33.1. The molecular weight excluding hydrogens is 771 g/mol. The summed E-state index contributed by atoms with van der Waals surface area (Å²) in [7, 11) is 0. The van der Waals surface area contributed by atoms with E-state index in [0.717, 1.165) is 30.7 Å². The number of piperidine rings is 1. The molecule has 4 heterocycles. The lowest BCUT2D eigenvalue weighted by Gasteiger charge is -2.31. The maximum atomic E-state index is 16.0. The van der Waals surface area contributed by atoms with Crippen LogP contribution in [0, 0.1) is 0 Å². The van der Waals surface area contributed by atoms with Crippen LogP contribution in [0.25, 0.3) is 11.2 Å². The Bertz CT molecular complexity index is 1970. The smallest absolute Gasteiger partial charge is 0.425 e. The summed E-state index contributed by atoms with van der Waals surface area (Å²) in [5, 5.41) is 10.6. The summed E-state index contributed by atoms with van der Waals surface area (Å²) in [6.07, 6.45) is -6.47. The molecule has 0 spiro atoms. The number of amides is 3. The summed E-state index contributed by atoms with van der Waals surface area (Å²) in [5.74, 6) is -2.13. The fourth-order valence-electron chi connectivity index (χ4n) is 6.33. The van der Waals surface area contributed by atoms with Gasteiger partial charge in [0.05, 0.1) is 19.5 Å². The number of imidazole rings is 1. The van der Waals surface area contributed by atoms with Crippen LogP contribution >= 0.6 is 11.6 Å². The van der Waals surface area contributed by atoms with E-state index >= 15 is 4.39 Å². The number of hydrogen-bond acceptors (Lipinski definition) is 14. The fraction of sp³-hybridized carbons (Fsp3) is 0.579. The number of fused-ring (bicyclic) bond motifs is 1. The van der Waals surface area contributed by atoms with Gasteiger partial charge >= 0.3 is 18.2 Å². The Balaban J connectivity index is 1.43. The predicted molar refractivity (Wildman–Crippen MR) is 202 cm³/mol. The number of benzene rings is 1. The van der Waals surface area contributed by atoms with Gasteiger partial charge in [-0.3, -0.25) is 14.2 Å². The van der Waals surface area contributed by atoms with E-state index in [9.17, 15) is 29.1 Å². The number of hydrogen-bond donors (Lipinski definition) is 1. The number of esters is 1. The Hall–Kier alpha value is -4.78. The van der Waals surface area contributed by atoms with Crippen LogP contribution in [0.4, 0.5) is 25.5 Å². The van der Waals surface area contributed by atoms with Crippen molar-refractivity contribution in [1.82, 2.24) is 19.5 Å². The van der Waals surface area contributed by atoms with Gasteiger partial charge in [-0.05, 0) is 97.5 Å². The van der Waals surface area contributed by atoms with Gasteiger partial charge in [-0.2, -0.15) is 14.9 Å². The number of rotatable bonds is 11. The molecule has 3 aromatic rings. The third-order valence-corrected chi connectivity index (χ3v) is 9.17. The van der Waals surface area contributed by atoms with Crippen molar-refractivity contribution in [3.63, 3.8) is 0 Å². The lowest BCUT2D eigenvalue weighted by Crippen LogP contribution is -2.52. The van der Waals surface area contributed by atoms with Crippen molar-refractivity contribution >= 4 is 64.1 Å². The first-order valence-corrected chi connectivity index (χ1v) is 18.9. The molecule has 17 nitrogen and oxygen atoms in total. The molecule has 3 amide bonds. The number of carbonyl (C=O) groups is 5. The molecule has 5 rings (SSSR count). The number of anilines is 2. The molecule has 0 bridgehead atoms. The zero-order valence-corrected chi connectivity index (χ0v) is 33.9. The number of ketones is 1. The quantitative estimate of drug-likeness (QED) is 0.111. The molecule has 1 unspecified atom stereocenters. The van der Waals surface area contributed by atoms with Crippen molar-refractivity contribution in [2.45, 2.75) is 122 Å². The largest absolute Gasteiger partial charge is 0.463 e. The molecule has 57 heavy (non-hydrogen) atoms. The topological polar surface area (TPSA) is 202 Å². The SMILES string of the molecule is CCOC(=O)C(Cc1ccc(N2CCCCC2=O)cc1)(OC[C@H]1O[C@@H](n2cnc3c(N(C(=O)OC(C)(C)C)C(=O)OC(C)(C)C)nc(Cl)nc32)[C@@H](F)[C@@H]1O)C(C)=O. The summed E-state index contributed by atoms with van der Waals surface area (Å²) < 4.78 is 45.2. The Morgan fingerprint density at radius 3 is 2.21 bits per heavy atom. The Morgan fingerprint density at radius 2 is 1.65 bits per heavy atom. The molecular formula is C38H48ClFN6O11. The average Bonchev–Trinajstić information content (AvgIpc) is 3.65. The van der Waals surface area contributed by atoms with Crippen LogP contribution in [0.1, 0.15) is 86.4 Å². The van der Waals surface area contributed by atoms with E-state index in [-0.39, 0.29) is 30.1 Å². The van der Waals surface area contributed by atoms with Gasteiger partial charge in [-0.1, -0.05) is 12.1 Å². The first kappa shape index (κ1) is 43.3. The van der Waals surface area contributed by atoms with Crippen LogP contribution in [0.5, 0.6) is 0 Å². The third kappa shape index (κ3) is 9.68. The average molecular weight is 819 g/mol. The normalized spacial score (nSPS) is 21.2. The molecule has 2 aliphatic heterocycles. The van der Waals surface area contributed by atoms with Gasteiger partial charge in [-0.15, -0.1) is 0 Å². The molecule has 2 fully saturated rings. The van der Waals surface area contributed by atoms with Gasteiger partial charge in [0.2, 0.25) is 16.8 Å². The highest BCUT2D eigenvalue weighted by Crippen LogP contribution is 2.37. The van der Waals surface area contributed by atoms with Gasteiger partial charge in [0.1, 0.15) is 23.4 Å². The number of aliphatic hydroxyl groups excluding tert-OH is 1. The summed E-state index contributed by atoms with van der Waals surface area (Å²) in [6, 6.07) is 6.77. The molecule has 0 radical (unpaired) electrons. The second-order valence-electron chi connectivity index (χ2n) is 15.7. The molecule has 2 aliphatic rings. The van der Waals surface area contributed by atoms with E-state index in [4.69, 9.17) is 35.3 Å². The number of nitrogens with zero attached hydrogens (tertiary/aromatic N) is 6. The van der Waals surface area contributed by atoms with Crippen molar-refractivity contribution in [3.8, 4) is 0 Å². The van der Waals surface area contributed by atoms with Gasteiger partial charge in [0.25, 0.3) is 0 Å². The van der Waals surface area contributed by atoms with Gasteiger partial charge in [-0.25, -0.2) is 23.8 Å². The maximum absolute atomic E-state index is 16.0. The number of halogens is 2. The first-order chi connectivity index (χ1) is 26.7. The Labute approximate surface area is 333 Å². The number of aromatic nitrogens is 4. The molecule has 1 aromatic carbocycles. The monoisotopic (exact) mass is 818 g/mol. The number of alkyl halides is 1. The fourth-order valence-corrected chi connectivity index (χ4v) is 6.49. The summed E-state index contributed by atoms with van der Waals surface area (Å²) in [5.41, 5.74) is -3.53. The molecule has 310 valence electrons. The number of carbonyl (C=O) groups excluding carboxylic acids is 5. The van der Waals surface area contributed by atoms with Crippen LogP contribution in [-0.2, 0) is 44.5 Å². The minimum atomic E-state index is -2.21. The van der Waals surface area contributed by atoms with Crippen molar-refractivity contribution < 1.29 is 57.2 Å². The number of Topliss-reactive ketones (excluding diaryl/α,β-unsaturated/α-hetero) is 1. The first-order valence-electron chi connectivity index (χ1n) is 18.5. The van der Waals surface area contributed by atoms with Crippen LogP contribution in [0.2, 0.25) is 5.28 Å². The van der Waals surface area contributed by atoms with Crippen molar-refractivity contribution in [1.29, 1.82) is 0 Å². The van der Waals surface area contributed by atoms with Gasteiger partial charge in [0, 0.05) is 25.1 Å². The predicted octanol–water partition coefficient (Wildman–Crippen LogP) is 5.42. The second kappa shape index (κ2) is 17.0. The maximum Gasteiger partial charge on any atom is 0.425 e. The number of aliphatic hydroxyl groups is 1. The highest BCUT2D eigenvalue weighted by atomic mass is 35.5. The highest BCUT2D eigenvalue weighted by Gasteiger charge is 2.51. The second-order valence-corrected chi connectivity index (χ2v) is 16.0. The Kier molecular flexibility index (Phi) is 12.9. The molecule has 19 heteroatoms. The van der Waals surface area contributed by atoms with Crippen molar-refractivity contribution in [2.24, 2.45) is 0 Å². The summed E-state index contributed by atoms with van der Waals surface area (Å²) >= 11 is 6.29. The standard InChI is InChI=1S/C38H48ClFN6O11/c1-9-53-32(50)38(21(2)47,18-22-13-15-23(16-14-22)44-17-11-10-12-25(44)48)54-19-24-28(49)26(40)31(55-24)45-20-41-27-29(45)42-33(39)43-30(27)46(34(51)56-36(3,4)5)35(52)57-37(6,7)8/h13-16,20,24,26,28,31,49H,9-12,17-19H2,1-8H3/t24-,26+,28-,31-,38?/m1/s1. The molecule has 1 N–H and O–H groups in total. The van der Waals surface area contributed by atoms with Crippen LogP contribution < -0.4 is 9.80 Å². The third-order valence-electron chi connectivity index (χ3n) is 9.00. The van der Waals surface area contributed by atoms with E-state index < -0.39 is 83.1 Å². The van der Waals surface area contributed by atoms with Gasteiger partial charge in [0.15, 0.2) is 35.2 Å². The zero-order chi connectivity index (χ0) is 42.0. The van der Waals surface area contributed by atoms with E-state index in [0.29, 0.717) is 29.1 Å². The van der Waals surface area contributed by atoms with E-state index in [1.54, 1.807) is 77.6 Å². The number of imide groups is 1. The highest BCUT2D eigenvalue weighted by molar-refractivity contribution is 6.29. The van der Waals surface area contributed by atoms with Crippen LogP contribution in [-0.4, -0.2) is 109 Å². The molecule has 2 saturated heterocycles. The Morgan fingerprint density at radius 1 is 1.02 bits per heavy atom. The van der Waals surface area contributed by atoms with E-state index in [2.05, 4.69) is 15.0 Å². The molecule has 2 aromatic heterocycles. The van der Waals surface area contributed by atoms with E-state index in [1.807, 2.05) is 0 Å². The van der Waals surface area contributed by atoms with Crippen molar-refractivity contribution in [2.75, 3.05) is 29.6 Å². The van der Waals surface area contributed by atoms with Crippen LogP contribution in [0.3, 0.4) is 0 Å². The van der Waals surface area contributed by atoms with Crippen molar-refractivity contribution in [3.05, 3.63) is 41.4 Å². The van der Waals surface area contributed by atoms with E-state index in [1.165, 1.54) is 0 Å². The molecule has 5 atom stereocenters. The summed E-state index contributed by atoms with van der Waals surface area (Å²) in [6.45, 7) is 12.1. The van der Waals surface area contributed by atoms with Crippen LogP contribution in [0.15, 0.2) is 30.6 Å². The van der Waals surface area contributed by atoms with Gasteiger partial charge < -0.3 is 33.7 Å².